The minimum atomic E-state index is -0.494. The van der Waals surface area contributed by atoms with E-state index in [1.807, 2.05) is 19.9 Å². The van der Waals surface area contributed by atoms with Crippen LogP contribution in [0.15, 0.2) is 29.8 Å². The van der Waals surface area contributed by atoms with Gasteiger partial charge in [-0.05, 0) is 48.4 Å². The average molecular weight is 366 g/mol. The number of carbonyl (C=O) groups is 1. The molecule has 1 saturated carbocycles. The van der Waals surface area contributed by atoms with Crippen LogP contribution < -0.4 is 0 Å². The largest absolute Gasteiger partial charge is 0.293 e. The van der Waals surface area contributed by atoms with Crippen LogP contribution in [0.2, 0.25) is 0 Å². The summed E-state index contributed by atoms with van der Waals surface area (Å²) in [6, 6.07) is 6.30. The van der Waals surface area contributed by atoms with Crippen LogP contribution in [0.4, 0.5) is 5.69 Å². The van der Waals surface area contributed by atoms with Gasteiger partial charge >= 0.3 is 0 Å². The molecule has 4 nitrogen and oxygen atoms in total. The molecule has 1 aliphatic carbocycles. The molecule has 1 aliphatic rings. The number of non-ortho nitro benzene ring substituents is 1. The van der Waals surface area contributed by atoms with Gasteiger partial charge in [-0.25, -0.2) is 0 Å². The third-order valence-electron chi connectivity index (χ3n) is 4.45. The first kappa shape index (κ1) is 16.9. The first-order valence-corrected chi connectivity index (χ1v) is 8.24. The summed E-state index contributed by atoms with van der Waals surface area (Å²) in [5.74, 6) is 0.555. The Morgan fingerprint density at radius 3 is 2.45 bits per heavy atom. The minimum Gasteiger partial charge on any atom is -0.293 e. The van der Waals surface area contributed by atoms with Crippen molar-refractivity contribution in [1.29, 1.82) is 0 Å². The molecule has 0 radical (unpaired) electrons. The molecule has 0 N–H and O–H groups in total. The van der Waals surface area contributed by atoms with Gasteiger partial charge in [-0.15, -0.1) is 0 Å². The number of nitrogens with zero attached hydrogens (tertiary/aromatic N) is 1. The van der Waals surface area contributed by atoms with E-state index in [0.29, 0.717) is 0 Å². The zero-order chi connectivity index (χ0) is 16.5. The van der Waals surface area contributed by atoms with E-state index < -0.39 is 9.25 Å². The Morgan fingerprint density at radius 1 is 1.36 bits per heavy atom. The summed E-state index contributed by atoms with van der Waals surface area (Å²) in [4.78, 5) is 23.1. The summed E-state index contributed by atoms with van der Waals surface area (Å²) in [5.41, 5.74) is 1.68. The average Bonchev–Trinajstić information content (AvgIpc) is 2.48. The van der Waals surface area contributed by atoms with E-state index in [2.05, 4.69) is 22.9 Å². The van der Waals surface area contributed by atoms with Crippen molar-refractivity contribution in [3.05, 3.63) is 45.5 Å². The second kappa shape index (κ2) is 6.32. The van der Waals surface area contributed by atoms with Crippen molar-refractivity contribution in [1.82, 2.24) is 0 Å². The van der Waals surface area contributed by atoms with Gasteiger partial charge in [0.15, 0.2) is 5.78 Å². The van der Waals surface area contributed by atoms with Crippen molar-refractivity contribution in [2.24, 2.45) is 11.8 Å². The maximum Gasteiger partial charge on any atom is 0.269 e. The number of hydrogen-bond acceptors (Lipinski definition) is 3. The molecule has 0 bridgehead atoms. The molecule has 0 aromatic heterocycles. The standard InChI is InChI=1S/C17H20BrNO3/c1-11(2)17(18)9-8-12(3)15(16(17)20)10-13-4-6-14(7-5-13)19(21)22/h4-7,10-12H,8-9H2,1-3H3/b15-10+/t12-,17-/m1/s1. The van der Waals surface area contributed by atoms with Crippen LogP contribution in [0, 0.1) is 22.0 Å². The second-order valence-electron chi connectivity index (χ2n) is 6.23. The van der Waals surface area contributed by atoms with Gasteiger partial charge in [-0.3, -0.25) is 14.9 Å². The molecule has 1 fully saturated rings. The third-order valence-corrected chi connectivity index (χ3v) is 6.13. The first-order valence-electron chi connectivity index (χ1n) is 7.45. The highest BCUT2D eigenvalue weighted by Gasteiger charge is 2.44. The molecular weight excluding hydrogens is 346 g/mol. The fourth-order valence-corrected chi connectivity index (χ4v) is 3.25. The van der Waals surface area contributed by atoms with Crippen LogP contribution >= 0.6 is 15.9 Å². The molecule has 0 unspecified atom stereocenters. The molecule has 0 aliphatic heterocycles. The molecule has 22 heavy (non-hydrogen) atoms. The summed E-state index contributed by atoms with van der Waals surface area (Å²) < 4.78 is -0.494. The highest BCUT2D eigenvalue weighted by atomic mass is 79.9. The lowest BCUT2D eigenvalue weighted by Crippen LogP contribution is -2.43. The van der Waals surface area contributed by atoms with Gasteiger partial charge in [-0.1, -0.05) is 36.7 Å². The van der Waals surface area contributed by atoms with E-state index in [0.717, 1.165) is 24.0 Å². The van der Waals surface area contributed by atoms with E-state index in [4.69, 9.17) is 0 Å². The van der Waals surface area contributed by atoms with Crippen molar-refractivity contribution in [3.63, 3.8) is 0 Å². The fraction of sp³-hybridized carbons (Fsp3) is 0.471. The van der Waals surface area contributed by atoms with Crippen LogP contribution in [0.5, 0.6) is 0 Å². The van der Waals surface area contributed by atoms with Gasteiger partial charge in [0.2, 0.25) is 0 Å². The van der Waals surface area contributed by atoms with Gasteiger partial charge in [-0.2, -0.15) is 0 Å². The van der Waals surface area contributed by atoms with E-state index in [1.54, 1.807) is 12.1 Å². The smallest absolute Gasteiger partial charge is 0.269 e. The molecule has 2 rings (SSSR count). The Labute approximate surface area is 138 Å². The van der Waals surface area contributed by atoms with Crippen LogP contribution in [0.1, 0.15) is 39.2 Å². The molecule has 2 atom stereocenters. The first-order chi connectivity index (χ1) is 10.3. The lowest BCUT2D eigenvalue weighted by Gasteiger charge is -2.38. The SMILES string of the molecule is CC(C)[C@]1(Br)CC[C@@H](C)/C(=C\c2ccc([N+](=O)[O-])cc2)C1=O. The Kier molecular flexibility index (Phi) is 4.85. The van der Waals surface area contributed by atoms with Crippen molar-refractivity contribution in [2.45, 2.75) is 37.9 Å². The number of allylic oxidation sites excluding steroid dienone is 1. The fourth-order valence-electron chi connectivity index (χ4n) is 2.79. The molecule has 5 heteroatoms. The number of halogens is 1. The summed E-state index contributed by atoms with van der Waals surface area (Å²) in [6.45, 7) is 6.15. The number of ketones is 1. The molecule has 1 aromatic rings. The molecule has 118 valence electrons. The molecule has 0 amide bonds. The van der Waals surface area contributed by atoms with Crippen molar-refractivity contribution in [3.8, 4) is 0 Å². The summed E-state index contributed by atoms with van der Waals surface area (Å²) in [7, 11) is 0. The van der Waals surface area contributed by atoms with Crippen molar-refractivity contribution >= 4 is 33.5 Å². The topological polar surface area (TPSA) is 60.2 Å². The molecular formula is C17H20BrNO3. The molecule has 0 heterocycles. The highest BCUT2D eigenvalue weighted by Crippen LogP contribution is 2.44. The molecule has 0 spiro atoms. The second-order valence-corrected chi connectivity index (χ2v) is 7.65. The maximum atomic E-state index is 12.9. The Balaban J connectivity index is 2.35. The van der Waals surface area contributed by atoms with Gasteiger partial charge < -0.3 is 0 Å². The number of carbonyl (C=O) groups excluding carboxylic acids is 1. The lowest BCUT2D eigenvalue weighted by atomic mass is 9.73. The van der Waals surface area contributed by atoms with Gasteiger partial charge in [0.05, 0.1) is 9.25 Å². The summed E-state index contributed by atoms with van der Waals surface area (Å²) >= 11 is 3.66. The van der Waals surface area contributed by atoms with Gasteiger partial charge in [0, 0.05) is 17.7 Å². The number of nitro benzene ring substituents is 1. The number of alkyl halides is 1. The van der Waals surface area contributed by atoms with Crippen LogP contribution in [-0.4, -0.2) is 15.0 Å². The quantitative estimate of drug-likeness (QED) is 0.335. The van der Waals surface area contributed by atoms with Crippen LogP contribution in [0.3, 0.4) is 0 Å². The van der Waals surface area contributed by atoms with E-state index in [9.17, 15) is 14.9 Å². The monoisotopic (exact) mass is 365 g/mol. The molecule has 1 aromatic carbocycles. The predicted octanol–water partition coefficient (Wildman–Crippen LogP) is 4.77. The van der Waals surface area contributed by atoms with Gasteiger partial charge in [0.1, 0.15) is 0 Å². The van der Waals surface area contributed by atoms with Crippen LogP contribution in [-0.2, 0) is 4.79 Å². The van der Waals surface area contributed by atoms with E-state index in [1.165, 1.54) is 12.1 Å². The Hall–Kier alpha value is -1.49. The lowest BCUT2D eigenvalue weighted by molar-refractivity contribution is -0.384. The number of Topliss-reactive ketones (excluding diaryl/α,β-unsaturated/α-hetero) is 1. The van der Waals surface area contributed by atoms with Crippen molar-refractivity contribution < 1.29 is 9.72 Å². The minimum absolute atomic E-state index is 0.0576. The summed E-state index contributed by atoms with van der Waals surface area (Å²) in [5, 5.41) is 10.7. The van der Waals surface area contributed by atoms with Crippen LogP contribution in [0.25, 0.3) is 6.08 Å². The van der Waals surface area contributed by atoms with E-state index in [-0.39, 0.29) is 23.3 Å². The zero-order valence-corrected chi connectivity index (χ0v) is 14.6. The highest BCUT2D eigenvalue weighted by molar-refractivity contribution is 9.10. The number of hydrogen-bond donors (Lipinski definition) is 0. The molecule has 0 saturated heterocycles. The van der Waals surface area contributed by atoms with Crippen molar-refractivity contribution in [2.75, 3.05) is 0 Å². The number of rotatable bonds is 3. The summed E-state index contributed by atoms with van der Waals surface area (Å²) in [6.07, 6.45) is 3.66. The third kappa shape index (κ3) is 3.14. The Morgan fingerprint density at radius 2 is 1.95 bits per heavy atom. The maximum absolute atomic E-state index is 12.9. The van der Waals surface area contributed by atoms with Gasteiger partial charge in [0.25, 0.3) is 5.69 Å². The zero-order valence-electron chi connectivity index (χ0n) is 13.0. The Bertz CT molecular complexity index is 621. The normalized spacial score (nSPS) is 27.4. The number of nitro groups is 1. The van der Waals surface area contributed by atoms with E-state index >= 15 is 0 Å². The predicted molar refractivity (Wildman–Crippen MR) is 91.0 cm³/mol. The number of benzene rings is 1.